The fraction of sp³-hybridized carbons (Fsp3) is 0.417. The van der Waals surface area contributed by atoms with E-state index >= 15 is 0 Å². The minimum atomic E-state index is -5.75. The van der Waals surface area contributed by atoms with Crippen LogP contribution in [0.1, 0.15) is 12.1 Å². The van der Waals surface area contributed by atoms with Gasteiger partial charge in [-0.3, -0.25) is 4.52 Å². The number of nitrogens with zero attached hydrogens (tertiary/aromatic N) is 4. The van der Waals surface area contributed by atoms with Crippen molar-refractivity contribution in [3.63, 3.8) is 0 Å². The Kier molecular flexibility index (Phi) is 6.84. The summed E-state index contributed by atoms with van der Waals surface area (Å²) >= 11 is 0. The Morgan fingerprint density at radius 2 is 1.97 bits per heavy atom. The maximum atomic E-state index is 14.4. The molecule has 2 unspecified atom stereocenters. The van der Waals surface area contributed by atoms with Gasteiger partial charge in [-0.25, -0.2) is 27.6 Å². The van der Waals surface area contributed by atoms with Gasteiger partial charge in [0.1, 0.15) is 24.0 Å². The van der Waals surface area contributed by atoms with Crippen LogP contribution in [0.25, 0.3) is 5.52 Å². The normalized spacial score (nSPS) is 27.2. The molecule has 1 aliphatic rings. The molecule has 33 heavy (non-hydrogen) atoms. The van der Waals surface area contributed by atoms with E-state index in [0.717, 1.165) is 16.9 Å². The van der Waals surface area contributed by atoms with Crippen LogP contribution in [-0.4, -0.2) is 58.1 Å². The average Bonchev–Trinajstić information content (AvgIpc) is 3.16. The largest absolute Gasteiger partial charge is 0.490 e. The minimum Gasteiger partial charge on any atom is -0.390 e. The van der Waals surface area contributed by atoms with E-state index in [1.165, 1.54) is 0 Å². The lowest BCUT2D eigenvalue weighted by Gasteiger charge is -2.22. The number of nitrogens with two attached hydrogens (primary N) is 1. The van der Waals surface area contributed by atoms with E-state index in [0.29, 0.717) is 0 Å². The Labute approximate surface area is 182 Å². The average molecular weight is 533 g/mol. The van der Waals surface area contributed by atoms with Crippen LogP contribution in [0.5, 0.6) is 0 Å². The number of aromatic nitrogens is 3. The first-order chi connectivity index (χ1) is 15.1. The van der Waals surface area contributed by atoms with Crippen LogP contribution in [0.2, 0.25) is 0 Å². The zero-order valence-corrected chi connectivity index (χ0v) is 18.6. The SMILES string of the molecule is N#C[C@]1(c2cc(F)c3c(N)ncnn23)C[C@H](O)[C@@H](COP(=O)(O)OP(=O)(O)OP(=O)(O)O)O1. The number of phosphoric ester groups is 1. The second-order valence-corrected chi connectivity index (χ2v) is 11.0. The molecular formula is C12H15FN5O12P3. The third-order valence-corrected chi connectivity index (χ3v) is 8.03. The fourth-order valence-electron chi connectivity index (χ4n) is 3.03. The molecule has 1 saturated heterocycles. The first-order valence-corrected chi connectivity index (χ1v) is 12.9. The van der Waals surface area contributed by atoms with Crippen molar-refractivity contribution in [3.8, 4) is 6.07 Å². The zero-order valence-electron chi connectivity index (χ0n) is 15.9. The van der Waals surface area contributed by atoms with Crippen LogP contribution in [0.4, 0.5) is 10.2 Å². The maximum Gasteiger partial charge on any atom is 0.490 e. The van der Waals surface area contributed by atoms with Crippen LogP contribution in [0, 0.1) is 17.1 Å². The number of rotatable bonds is 8. The Hall–Kier alpha value is -1.83. The number of hydrogen-bond acceptors (Lipinski definition) is 12. The van der Waals surface area contributed by atoms with Gasteiger partial charge in [0.15, 0.2) is 17.2 Å². The highest BCUT2D eigenvalue weighted by Crippen LogP contribution is 2.66. The van der Waals surface area contributed by atoms with Crippen molar-refractivity contribution in [2.75, 3.05) is 12.3 Å². The van der Waals surface area contributed by atoms with Gasteiger partial charge >= 0.3 is 23.5 Å². The lowest BCUT2D eigenvalue weighted by molar-refractivity contribution is -0.0510. The molecule has 1 fully saturated rings. The number of ether oxygens (including phenoxy) is 1. The first-order valence-electron chi connectivity index (χ1n) is 8.42. The molecule has 0 saturated carbocycles. The molecule has 0 bridgehead atoms. The molecule has 182 valence electrons. The van der Waals surface area contributed by atoms with Crippen molar-refractivity contribution < 1.29 is 60.6 Å². The Balaban J connectivity index is 1.79. The Bertz CT molecular complexity index is 1260. The zero-order chi connectivity index (χ0) is 24.8. The molecule has 0 spiro atoms. The van der Waals surface area contributed by atoms with E-state index in [-0.39, 0.29) is 17.0 Å². The summed E-state index contributed by atoms with van der Waals surface area (Å²) < 4.78 is 66.2. The van der Waals surface area contributed by atoms with Crippen LogP contribution >= 0.6 is 23.5 Å². The molecular weight excluding hydrogens is 518 g/mol. The molecule has 1 aliphatic heterocycles. The van der Waals surface area contributed by atoms with Gasteiger partial charge < -0.3 is 35.2 Å². The summed E-state index contributed by atoms with van der Waals surface area (Å²) in [5.41, 5.74) is 3.13. The summed E-state index contributed by atoms with van der Waals surface area (Å²) in [4.78, 5) is 39.3. The van der Waals surface area contributed by atoms with E-state index in [9.17, 15) is 33.3 Å². The number of fused-ring (bicyclic) bond motifs is 1. The summed E-state index contributed by atoms with van der Waals surface area (Å²) in [5.74, 6) is -1.14. The smallest absolute Gasteiger partial charge is 0.390 e. The van der Waals surface area contributed by atoms with Crippen molar-refractivity contribution in [2.45, 2.75) is 24.2 Å². The number of phosphoric acid groups is 3. The summed E-state index contributed by atoms with van der Waals surface area (Å²) in [6.07, 6.45) is -2.56. The lowest BCUT2D eigenvalue weighted by atomic mass is 9.96. The summed E-state index contributed by atoms with van der Waals surface area (Å²) in [5, 5.41) is 23.8. The van der Waals surface area contributed by atoms with Crippen molar-refractivity contribution in [2.24, 2.45) is 0 Å². The molecule has 3 heterocycles. The predicted octanol–water partition coefficient (Wildman–Crippen LogP) is -0.337. The van der Waals surface area contributed by atoms with E-state index in [1.54, 1.807) is 6.07 Å². The highest BCUT2D eigenvalue weighted by molar-refractivity contribution is 7.66. The van der Waals surface area contributed by atoms with Crippen LogP contribution in [0.15, 0.2) is 12.4 Å². The van der Waals surface area contributed by atoms with Crippen LogP contribution in [0.3, 0.4) is 0 Å². The van der Waals surface area contributed by atoms with E-state index in [2.05, 4.69) is 23.2 Å². The molecule has 3 rings (SSSR count). The fourth-order valence-corrected chi connectivity index (χ4v) is 6.06. The highest BCUT2D eigenvalue weighted by atomic mass is 31.3. The first kappa shape index (κ1) is 25.8. The molecule has 0 radical (unpaired) electrons. The standard InChI is InChI=1S/C12H15FN5O12P3/c13-6-1-9(18-10(6)11(15)16-5-17-18)12(4-14)2-7(19)8(28-12)3-27-32(23,24)30-33(25,26)29-31(20,21)22/h1,5,7-8,19H,2-3H2,(H,23,24)(H,25,26)(H2,15,16,17)(H2,20,21,22)/t7-,8+,12-/m0/s1. The molecule has 0 amide bonds. The number of aliphatic hydroxyl groups is 1. The number of nitrogen functional groups attached to an aromatic ring is 1. The molecule has 0 aromatic carbocycles. The van der Waals surface area contributed by atoms with Gasteiger partial charge in [-0.05, 0) is 0 Å². The van der Waals surface area contributed by atoms with Crippen LogP contribution < -0.4 is 5.73 Å². The number of hydrogen-bond donors (Lipinski definition) is 6. The van der Waals surface area contributed by atoms with Gasteiger partial charge in [-0.15, -0.1) is 0 Å². The van der Waals surface area contributed by atoms with E-state index in [4.69, 9.17) is 25.2 Å². The number of nitriles is 1. The quantitative estimate of drug-likeness (QED) is 0.237. The van der Waals surface area contributed by atoms with E-state index in [1.807, 2.05) is 0 Å². The van der Waals surface area contributed by atoms with Crippen molar-refractivity contribution in [1.82, 2.24) is 14.6 Å². The highest BCUT2D eigenvalue weighted by Gasteiger charge is 2.51. The minimum absolute atomic E-state index is 0.188. The number of aliphatic hydroxyl groups excluding tert-OH is 1. The van der Waals surface area contributed by atoms with Crippen molar-refractivity contribution in [1.29, 1.82) is 5.26 Å². The summed E-state index contributed by atoms with van der Waals surface area (Å²) in [6.45, 7) is -1.02. The monoisotopic (exact) mass is 533 g/mol. The van der Waals surface area contributed by atoms with Crippen LogP contribution in [-0.2, 0) is 37.2 Å². The second kappa shape index (κ2) is 8.75. The van der Waals surface area contributed by atoms with Gasteiger partial charge in [0, 0.05) is 12.5 Å². The number of halogens is 1. The Morgan fingerprint density at radius 1 is 1.30 bits per heavy atom. The molecule has 21 heteroatoms. The maximum absolute atomic E-state index is 14.4. The molecule has 5 atom stereocenters. The van der Waals surface area contributed by atoms with Gasteiger partial charge in [-0.2, -0.15) is 19.0 Å². The van der Waals surface area contributed by atoms with Gasteiger partial charge in [0.2, 0.25) is 0 Å². The Morgan fingerprint density at radius 3 is 2.58 bits per heavy atom. The third kappa shape index (κ3) is 5.64. The predicted molar refractivity (Wildman–Crippen MR) is 100.0 cm³/mol. The summed E-state index contributed by atoms with van der Waals surface area (Å²) in [6, 6.07) is 2.64. The van der Waals surface area contributed by atoms with Gasteiger partial charge in [0.05, 0.1) is 18.4 Å². The third-order valence-electron chi connectivity index (χ3n) is 4.23. The molecule has 2 aromatic rings. The molecule has 7 N–H and O–H groups in total. The van der Waals surface area contributed by atoms with Gasteiger partial charge in [-0.1, -0.05) is 0 Å². The second-order valence-electron chi connectivity index (χ2n) is 6.54. The topological polar surface area (TPSA) is 269 Å². The summed E-state index contributed by atoms with van der Waals surface area (Å²) in [7, 11) is -16.8. The molecule has 17 nitrogen and oxygen atoms in total. The van der Waals surface area contributed by atoms with Crippen molar-refractivity contribution in [3.05, 3.63) is 23.9 Å². The molecule has 2 aromatic heterocycles. The van der Waals surface area contributed by atoms with E-state index < -0.39 is 60.1 Å². The number of anilines is 1. The van der Waals surface area contributed by atoms with Crippen molar-refractivity contribution >= 4 is 34.8 Å². The van der Waals surface area contributed by atoms with Gasteiger partial charge in [0.25, 0.3) is 0 Å². The lowest BCUT2D eigenvalue weighted by Crippen LogP contribution is -2.29. The molecule has 0 aliphatic carbocycles.